The van der Waals surface area contributed by atoms with E-state index < -0.39 is 18.1 Å². The lowest BCUT2D eigenvalue weighted by atomic mass is 10.2. The number of rotatable bonds is 3. The van der Waals surface area contributed by atoms with Crippen molar-refractivity contribution in [2.24, 2.45) is 5.92 Å². The number of aliphatic carboxylic acids is 1. The van der Waals surface area contributed by atoms with Gasteiger partial charge in [-0.1, -0.05) is 0 Å². The predicted molar refractivity (Wildman–Crippen MR) is 67.8 cm³/mol. The molecule has 0 radical (unpaired) electrons. The number of amides is 1. The summed E-state index contributed by atoms with van der Waals surface area (Å²) in [4.78, 5) is 25.3. The molecule has 2 saturated heterocycles. The monoisotopic (exact) mass is 287 g/mol. The van der Waals surface area contributed by atoms with Crippen LogP contribution in [0.25, 0.3) is 0 Å². The van der Waals surface area contributed by atoms with Gasteiger partial charge in [0.15, 0.2) is 6.10 Å². The summed E-state index contributed by atoms with van der Waals surface area (Å²) < 4.78 is 10.7. The second kappa shape index (κ2) is 5.30. The summed E-state index contributed by atoms with van der Waals surface area (Å²) in [7, 11) is 0. The molecule has 106 valence electrons. The highest BCUT2D eigenvalue weighted by atomic mass is 32.2. The van der Waals surface area contributed by atoms with E-state index in [1.165, 1.54) is 4.90 Å². The molecule has 0 aromatic carbocycles. The van der Waals surface area contributed by atoms with Gasteiger partial charge in [0.25, 0.3) is 5.91 Å². The van der Waals surface area contributed by atoms with E-state index in [4.69, 9.17) is 9.47 Å². The SMILES string of the molecule is O=C(O)C1CSC(C2CC2)N1C(=O)C1COCCO1. The molecular formula is C12H17NO5S. The van der Waals surface area contributed by atoms with Crippen LogP contribution >= 0.6 is 11.8 Å². The highest BCUT2D eigenvalue weighted by Gasteiger charge is 2.49. The number of ether oxygens (including phenoxy) is 2. The van der Waals surface area contributed by atoms with Crippen LogP contribution in [0, 0.1) is 5.92 Å². The normalized spacial score (nSPS) is 35.4. The Bertz CT molecular complexity index is 380. The molecule has 3 aliphatic rings. The van der Waals surface area contributed by atoms with E-state index in [1.807, 2.05) is 0 Å². The van der Waals surface area contributed by atoms with Gasteiger partial charge in [-0.25, -0.2) is 4.79 Å². The van der Waals surface area contributed by atoms with E-state index >= 15 is 0 Å². The van der Waals surface area contributed by atoms with Crippen LogP contribution in [-0.4, -0.2) is 65.0 Å². The van der Waals surface area contributed by atoms with Crippen LogP contribution < -0.4 is 0 Å². The zero-order chi connectivity index (χ0) is 13.4. The van der Waals surface area contributed by atoms with Crippen molar-refractivity contribution in [2.45, 2.75) is 30.4 Å². The van der Waals surface area contributed by atoms with Crippen molar-refractivity contribution >= 4 is 23.6 Å². The number of carboxylic acids is 1. The van der Waals surface area contributed by atoms with Gasteiger partial charge in [0.2, 0.25) is 0 Å². The van der Waals surface area contributed by atoms with Gasteiger partial charge in [-0.3, -0.25) is 4.79 Å². The smallest absolute Gasteiger partial charge is 0.327 e. The van der Waals surface area contributed by atoms with Gasteiger partial charge in [-0.15, -0.1) is 11.8 Å². The minimum absolute atomic E-state index is 0.000809. The van der Waals surface area contributed by atoms with Gasteiger partial charge in [0.1, 0.15) is 6.04 Å². The van der Waals surface area contributed by atoms with Crippen molar-refractivity contribution in [3.63, 3.8) is 0 Å². The standard InChI is InChI=1S/C12H17NO5S/c14-10(9-5-17-3-4-18-9)13-8(12(15)16)6-19-11(13)7-1-2-7/h7-9,11H,1-6H2,(H,15,16). The Kier molecular flexibility index (Phi) is 3.68. The van der Waals surface area contributed by atoms with Crippen LogP contribution in [0.5, 0.6) is 0 Å². The number of carboxylic acid groups (broad SMARTS) is 1. The molecular weight excluding hydrogens is 270 g/mol. The van der Waals surface area contributed by atoms with Crippen LogP contribution in [0.15, 0.2) is 0 Å². The molecule has 3 atom stereocenters. The van der Waals surface area contributed by atoms with Gasteiger partial charge in [0.05, 0.1) is 25.2 Å². The summed E-state index contributed by atoms with van der Waals surface area (Å²) in [6.07, 6.45) is 1.52. The van der Waals surface area contributed by atoms with E-state index in [2.05, 4.69) is 0 Å². The summed E-state index contributed by atoms with van der Waals surface area (Å²) in [5.74, 6) is -0.243. The molecule has 0 bridgehead atoms. The summed E-state index contributed by atoms with van der Waals surface area (Å²) in [6.45, 7) is 1.11. The molecule has 0 spiro atoms. The lowest BCUT2D eigenvalue weighted by molar-refractivity contribution is -0.165. The highest BCUT2D eigenvalue weighted by Crippen LogP contribution is 2.45. The number of hydrogen-bond acceptors (Lipinski definition) is 5. The maximum absolute atomic E-state index is 12.5. The van der Waals surface area contributed by atoms with E-state index in [0.717, 1.165) is 12.8 Å². The van der Waals surface area contributed by atoms with E-state index in [1.54, 1.807) is 11.8 Å². The van der Waals surface area contributed by atoms with Crippen LogP contribution in [0.4, 0.5) is 0 Å². The largest absolute Gasteiger partial charge is 0.480 e. The topological polar surface area (TPSA) is 76.1 Å². The second-order valence-electron chi connectivity index (χ2n) is 5.10. The fourth-order valence-corrected chi connectivity index (χ4v) is 4.18. The zero-order valence-corrected chi connectivity index (χ0v) is 11.3. The number of carbonyl (C=O) groups excluding carboxylic acids is 1. The Hall–Kier alpha value is -0.790. The zero-order valence-electron chi connectivity index (χ0n) is 10.5. The molecule has 0 aromatic heterocycles. The van der Waals surface area contributed by atoms with Crippen molar-refractivity contribution in [3.8, 4) is 0 Å². The Morgan fingerprint density at radius 1 is 1.26 bits per heavy atom. The minimum atomic E-state index is -0.930. The second-order valence-corrected chi connectivity index (χ2v) is 6.24. The molecule has 1 aliphatic carbocycles. The molecule has 3 rings (SSSR count). The van der Waals surface area contributed by atoms with Gasteiger partial charge < -0.3 is 19.5 Å². The maximum Gasteiger partial charge on any atom is 0.327 e. The van der Waals surface area contributed by atoms with Crippen molar-refractivity contribution in [3.05, 3.63) is 0 Å². The first-order valence-electron chi connectivity index (χ1n) is 6.54. The van der Waals surface area contributed by atoms with Gasteiger partial charge in [-0.2, -0.15) is 0 Å². The first-order valence-corrected chi connectivity index (χ1v) is 7.59. The average molecular weight is 287 g/mol. The van der Waals surface area contributed by atoms with Gasteiger partial charge >= 0.3 is 5.97 Å². The number of carbonyl (C=O) groups is 2. The van der Waals surface area contributed by atoms with Gasteiger partial charge in [0, 0.05) is 5.75 Å². The maximum atomic E-state index is 12.5. The van der Waals surface area contributed by atoms with E-state index in [0.29, 0.717) is 24.9 Å². The Labute approximate surface area is 115 Å². The fourth-order valence-electron chi connectivity index (χ4n) is 2.54. The van der Waals surface area contributed by atoms with Crippen LogP contribution in [0.2, 0.25) is 0 Å². The number of nitrogens with zero attached hydrogens (tertiary/aromatic N) is 1. The average Bonchev–Trinajstić information content (AvgIpc) is 3.17. The minimum Gasteiger partial charge on any atom is -0.480 e. The molecule has 7 heteroatoms. The Morgan fingerprint density at radius 2 is 2.05 bits per heavy atom. The molecule has 3 unspecified atom stereocenters. The molecule has 3 fully saturated rings. The molecule has 2 aliphatic heterocycles. The molecule has 0 aromatic rings. The van der Waals surface area contributed by atoms with Crippen molar-refractivity contribution in [2.75, 3.05) is 25.6 Å². The Balaban J connectivity index is 1.76. The Morgan fingerprint density at radius 3 is 2.63 bits per heavy atom. The predicted octanol–water partition coefficient (Wildman–Crippen LogP) is 0.167. The quantitative estimate of drug-likeness (QED) is 0.797. The fraction of sp³-hybridized carbons (Fsp3) is 0.833. The van der Waals surface area contributed by atoms with Crippen LogP contribution in [0.1, 0.15) is 12.8 Å². The van der Waals surface area contributed by atoms with Gasteiger partial charge in [-0.05, 0) is 18.8 Å². The van der Waals surface area contributed by atoms with Crippen molar-refractivity contribution < 1.29 is 24.2 Å². The highest BCUT2D eigenvalue weighted by molar-refractivity contribution is 8.00. The number of thioether (sulfide) groups is 1. The summed E-state index contributed by atoms with van der Waals surface area (Å²) >= 11 is 1.58. The molecule has 2 heterocycles. The lowest BCUT2D eigenvalue weighted by Gasteiger charge is -2.32. The summed E-state index contributed by atoms with van der Waals surface area (Å²) in [6, 6.07) is -0.728. The summed E-state index contributed by atoms with van der Waals surface area (Å²) in [5.41, 5.74) is 0. The van der Waals surface area contributed by atoms with Crippen molar-refractivity contribution in [1.82, 2.24) is 4.90 Å². The molecule has 1 saturated carbocycles. The van der Waals surface area contributed by atoms with Crippen LogP contribution in [0.3, 0.4) is 0 Å². The molecule has 19 heavy (non-hydrogen) atoms. The van der Waals surface area contributed by atoms with E-state index in [9.17, 15) is 14.7 Å². The third-order valence-electron chi connectivity index (χ3n) is 3.69. The van der Waals surface area contributed by atoms with Crippen LogP contribution in [-0.2, 0) is 19.1 Å². The van der Waals surface area contributed by atoms with E-state index in [-0.39, 0.29) is 17.9 Å². The molecule has 6 nitrogen and oxygen atoms in total. The molecule has 1 amide bonds. The number of hydrogen-bond donors (Lipinski definition) is 1. The first kappa shape index (κ1) is 13.2. The summed E-state index contributed by atoms with van der Waals surface area (Å²) in [5, 5.41) is 9.27. The molecule has 1 N–H and O–H groups in total. The lowest BCUT2D eigenvalue weighted by Crippen LogP contribution is -2.53. The van der Waals surface area contributed by atoms with Crippen molar-refractivity contribution in [1.29, 1.82) is 0 Å². The third-order valence-corrected chi connectivity index (χ3v) is 5.15. The third kappa shape index (κ3) is 2.59. The first-order chi connectivity index (χ1) is 9.18.